The van der Waals surface area contributed by atoms with Crippen LogP contribution in [-0.2, 0) is 9.53 Å². The van der Waals surface area contributed by atoms with Crippen molar-refractivity contribution >= 4 is 23.5 Å². The maximum atomic E-state index is 12.8. The molecule has 1 unspecified atom stereocenters. The van der Waals surface area contributed by atoms with Gasteiger partial charge in [-0.1, -0.05) is 6.92 Å². The number of nitrogens with zero attached hydrogens (tertiary/aromatic N) is 2. The van der Waals surface area contributed by atoms with Crippen LogP contribution in [0.1, 0.15) is 49.2 Å². The number of hydrogen-bond donors (Lipinski definition) is 3. The van der Waals surface area contributed by atoms with Gasteiger partial charge >= 0.3 is 5.76 Å². The van der Waals surface area contributed by atoms with E-state index < -0.39 is 17.4 Å². The zero-order chi connectivity index (χ0) is 22.6. The first-order valence-corrected chi connectivity index (χ1v) is 9.69. The van der Waals surface area contributed by atoms with Crippen LogP contribution >= 0.6 is 0 Å². The lowest BCUT2D eigenvalue weighted by atomic mass is 9.99. The number of aromatic hydroxyl groups is 1. The van der Waals surface area contributed by atoms with Gasteiger partial charge in [-0.15, -0.1) is 0 Å². The average Bonchev–Trinajstić information content (AvgIpc) is 3.16. The Kier molecular flexibility index (Phi) is 6.40. The second-order valence-electron chi connectivity index (χ2n) is 7.57. The number of hydrogen-bond acceptors (Lipinski definition) is 8. The fourth-order valence-electron chi connectivity index (χ4n) is 3.07. The van der Waals surface area contributed by atoms with E-state index in [4.69, 9.17) is 9.15 Å². The van der Waals surface area contributed by atoms with E-state index in [1.807, 2.05) is 20.8 Å². The Morgan fingerprint density at radius 2 is 2.06 bits per heavy atom. The van der Waals surface area contributed by atoms with E-state index in [0.29, 0.717) is 17.5 Å². The number of oxazole rings is 1. The molecule has 164 valence electrons. The summed E-state index contributed by atoms with van der Waals surface area (Å²) >= 11 is 0. The highest BCUT2D eigenvalue weighted by atomic mass is 16.5. The summed E-state index contributed by atoms with van der Waals surface area (Å²) < 4.78 is 10.5. The summed E-state index contributed by atoms with van der Waals surface area (Å²) in [5.74, 6) is -1.27. The van der Waals surface area contributed by atoms with Gasteiger partial charge in [0.05, 0.1) is 6.54 Å². The minimum absolute atomic E-state index is 0.0607. The number of fused-ring (bicyclic) bond motifs is 1. The van der Waals surface area contributed by atoms with Crippen LogP contribution in [0.4, 0.5) is 0 Å². The predicted molar refractivity (Wildman–Crippen MR) is 111 cm³/mol. The Morgan fingerprint density at radius 1 is 1.35 bits per heavy atom. The van der Waals surface area contributed by atoms with Crippen molar-refractivity contribution < 1.29 is 23.8 Å². The smallest absolute Gasteiger partial charge is 0.417 e. The molecule has 0 aliphatic rings. The van der Waals surface area contributed by atoms with Crippen molar-refractivity contribution in [1.82, 2.24) is 20.4 Å². The minimum atomic E-state index is -0.900. The highest BCUT2D eigenvalue weighted by molar-refractivity contribution is 5.93. The largest absolute Gasteiger partial charge is 0.506 e. The van der Waals surface area contributed by atoms with E-state index in [0.717, 1.165) is 0 Å². The maximum Gasteiger partial charge on any atom is 0.417 e. The topological polar surface area (TPSA) is 138 Å². The molecular formula is C21H24N4O6. The van der Waals surface area contributed by atoms with Crippen molar-refractivity contribution in [2.45, 2.75) is 38.8 Å². The Hall–Kier alpha value is -3.66. The monoisotopic (exact) mass is 428 g/mol. The number of nitrogens with one attached hydrogen (secondary N) is 2. The fraction of sp³-hybridized carbons (Fsp3) is 0.333. The number of pyridine rings is 1. The van der Waals surface area contributed by atoms with Gasteiger partial charge in [-0.3, -0.25) is 25.0 Å². The number of amides is 1. The van der Waals surface area contributed by atoms with E-state index in [-0.39, 0.29) is 35.8 Å². The van der Waals surface area contributed by atoms with E-state index in [2.05, 4.69) is 15.4 Å². The number of phenolic OH excluding ortho intramolecular Hbond substituents is 1. The third kappa shape index (κ3) is 4.75. The summed E-state index contributed by atoms with van der Waals surface area (Å²) in [6.45, 7) is 6.17. The van der Waals surface area contributed by atoms with Crippen molar-refractivity contribution in [3.8, 4) is 5.75 Å². The summed E-state index contributed by atoms with van der Waals surface area (Å²) in [5, 5.41) is 11.7. The van der Waals surface area contributed by atoms with E-state index >= 15 is 0 Å². The van der Waals surface area contributed by atoms with Gasteiger partial charge in [0.15, 0.2) is 5.58 Å². The van der Waals surface area contributed by atoms with Crippen LogP contribution in [0.15, 0.2) is 45.9 Å². The first kappa shape index (κ1) is 22.0. The molecule has 10 heteroatoms. The lowest BCUT2D eigenvalue weighted by Gasteiger charge is -2.39. The molecular weight excluding hydrogens is 404 g/mol. The summed E-state index contributed by atoms with van der Waals surface area (Å²) in [6, 6.07) is 6.05. The van der Waals surface area contributed by atoms with Gasteiger partial charge in [0, 0.05) is 29.1 Å². The van der Waals surface area contributed by atoms with Crippen molar-refractivity contribution in [3.05, 3.63) is 58.3 Å². The summed E-state index contributed by atoms with van der Waals surface area (Å²) in [7, 11) is 0. The summed E-state index contributed by atoms with van der Waals surface area (Å²) in [6.07, 6.45) is 2.80. The minimum Gasteiger partial charge on any atom is -0.506 e. The number of H-pyrrole nitrogens is 1. The second kappa shape index (κ2) is 9.00. The first-order chi connectivity index (χ1) is 14.8. The lowest BCUT2D eigenvalue weighted by Crippen LogP contribution is -2.55. The van der Waals surface area contributed by atoms with Crippen LogP contribution in [0, 0.1) is 0 Å². The molecule has 0 saturated carbocycles. The quantitative estimate of drug-likeness (QED) is 0.349. The zero-order valence-corrected chi connectivity index (χ0v) is 17.4. The summed E-state index contributed by atoms with van der Waals surface area (Å²) in [5.41, 5.74) is 3.32. The molecule has 1 amide bonds. The van der Waals surface area contributed by atoms with Crippen LogP contribution in [0.2, 0.25) is 0 Å². The molecule has 2 heterocycles. The van der Waals surface area contributed by atoms with Crippen molar-refractivity contribution in [2.24, 2.45) is 0 Å². The number of aromatic amines is 1. The number of aromatic nitrogens is 2. The summed E-state index contributed by atoms with van der Waals surface area (Å²) in [4.78, 5) is 42.0. The first-order valence-electron chi connectivity index (χ1n) is 9.69. The van der Waals surface area contributed by atoms with Crippen molar-refractivity contribution in [1.29, 1.82) is 0 Å². The van der Waals surface area contributed by atoms with Crippen LogP contribution in [0.25, 0.3) is 11.1 Å². The molecule has 0 aliphatic heterocycles. The third-order valence-electron chi connectivity index (χ3n) is 5.28. The molecule has 0 spiro atoms. The molecule has 3 aromatic rings. The average molecular weight is 428 g/mol. The third-order valence-corrected chi connectivity index (χ3v) is 5.28. The SMILES string of the molecule is CCC(C)(C)N(CC(OC=O)c1ccc(O)c2[nH]c(=O)oc12)NC(=O)c1ccncc1. The molecule has 1 atom stereocenters. The molecule has 10 nitrogen and oxygen atoms in total. The molecule has 0 aliphatic carbocycles. The highest BCUT2D eigenvalue weighted by Crippen LogP contribution is 2.32. The van der Waals surface area contributed by atoms with Gasteiger partial charge in [-0.2, -0.15) is 0 Å². The van der Waals surface area contributed by atoms with Gasteiger partial charge < -0.3 is 14.3 Å². The number of phenols is 1. The molecule has 31 heavy (non-hydrogen) atoms. The van der Waals surface area contributed by atoms with Crippen LogP contribution in [0.3, 0.4) is 0 Å². The van der Waals surface area contributed by atoms with Gasteiger partial charge in [-0.05, 0) is 44.5 Å². The van der Waals surface area contributed by atoms with Crippen LogP contribution in [-0.4, -0.2) is 44.5 Å². The van der Waals surface area contributed by atoms with Crippen LogP contribution < -0.4 is 11.2 Å². The molecule has 1 aromatic carbocycles. The zero-order valence-electron chi connectivity index (χ0n) is 17.4. The van der Waals surface area contributed by atoms with Gasteiger partial charge in [-0.25, -0.2) is 9.80 Å². The predicted octanol–water partition coefficient (Wildman–Crippen LogP) is 2.27. The highest BCUT2D eigenvalue weighted by Gasteiger charge is 2.32. The molecule has 3 N–H and O–H groups in total. The van der Waals surface area contributed by atoms with Gasteiger partial charge in [0.2, 0.25) is 0 Å². The number of ether oxygens (including phenoxy) is 1. The Balaban J connectivity index is 1.97. The standard InChI is InChI=1S/C21H24N4O6/c1-4-21(2,3)25(24-19(28)13-7-9-22-10-8-13)11-16(30-12-26)14-5-6-15(27)17-18(14)31-20(29)23-17/h5-10,12,16,27H,4,11H2,1-3H3,(H,23,29)(H,24,28). The molecule has 0 radical (unpaired) electrons. The van der Waals surface area contributed by atoms with E-state index in [9.17, 15) is 19.5 Å². The molecule has 3 rings (SSSR count). The Bertz CT molecular complexity index is 1120. The fourth-order valence-corrected chi connectivity index (χ4v) is 3.07. The molecule has 0 saturated heterocycles. The molecule has 0 bridgehead atoms. The normalized spacial score (nSPS) is 12.6. The number of rotatable bonds is 9. The van der Waals surface area contributed by atoms with E-state index in [1.165, 1.54) is 24.5 Å². The number of carbonyl (C=O) groups excluding carboxylic acids is 2. The number of hydrazine groups is 1. The second-order valence-corrected chi connectivity index (χ2v) is 7.57. The van der Waals surface area contributed by atoms with Crippen molar-refractivity contribution in [2.75, 3.05) is 6.54 Å². The van der Waals surface area contributed by atoms with Crippen molar-refractivity contribution in [3.63, 3.8) is 0 Å². The number of carbonyl (C=O) groups is 2. The Morgan fingerprint density at radius 3 is 2.71 bits per heavy atom. The maximum absolute atomic E-state index is 12.8. The van der Waals surface area contributed by atoms with Gasteiger partial charge in [0.25, 0.3) is 12.4 Å². The number of benzene rings is 1. The molecule has 2 aromatic heterocycles. The molecule has 0 fully saturated rings. The van der Waals surface area contributed by atoms with E-state index in [1.54, 1.807) is 17.1 Å². The Labute approximate surface area is 177 Å². The van der Waals surface area contributed by atoms with Crippen LogP contribution in [0.5, 0.6) is 5.75 Å². The lowest BCUT2D eigenvalue weighted by molar-refractivity contribution is -0.136. The van der Waals surface area contributed by atoms with Gasteiger partial charge in [0.1, 0.15) is 17.4 Å².